The molecule has 2 bridgehead atoms. The van der Waals surface area contributed by atoms with Crippen LogP contribution in [0.4, 0.5) is 5.69 Å². The fourth-order valence-corrected chi connectivity index (χ4v) is 5.42. The number of hydrogen-bond donors (Lipinski definition) is 2. The van der Waals surface area contributed by atoms with Gasteiger partial charge >= 0.3 is 0 Å². The van der Waals surface area contributed by atoms with Crippen LogP contribution >= 0.6 is 0 Å². The number of aromatic hydroxyl groups is 1. The summed E-state index contributed by atoms with van der Waals surface area (Å²) in [6, 6.07) is 3.23. The molecule has 27 heavy (non-hydrogen) atoms. The van der Waals surface area contributed by atoms with E-state index in [4.69, 9.17) is 0 Å². The van der Waals surface area contributed by atoms with E-state index in [0.29, 0.717) is 30.7 Å². The molecule has 4 rings (SSSR count). The van der Waals surface area contributed by atoms with Gasteiger partial charge in [0.05, 0.1) is 5.60 Å². The molecule has 1 saturated heterocycles. The molecule has 0 amide bonds. The summed E-state index contributed by atoms with van der Waals surface area (Å²) >= 11 is 0. The highest BCUT2D eigenvalue weighted by Gasteiger charge is 2.62. The molecule has 6 nitrogen and oxygen atoms in total. The minimum atomic E-state index is -1.18. The minimum Gasteiger partial charge on any atom is -0.506 e. The van der Waals surface area contributed by atoms with Crippen LogP contribution in [-0.2, 0) is 16.6 Å². The number of ketones is 1. The largest absolute Gasteiger partial charge is 0.506 e. The van der Waals surface area contributed by atoms with Crippen LogP contribution in [0.15, 0.2) is 17.3 Å². The maximum absolute atomic E-state index is 12.5. The first-order valence-electron chi connectivity index (χ1n) is 10.0. The maximum atomic E-state index is 12.5. The number of fused-ring (bicyclic) bond motifs is 4. The first kappa shape index (κ1) is 18.6. The van der Waals surface area contributed by atoms with Crippen molar-refractivity contribution < 1.29 is 15.0 Å². The highest BCUT2D eigenvalue weighted by molar-refractivity contribution is 5.81. The fraction of sp³-hybridized carbons (Fsp3) is 0.667. The van der Waals surface area contributed by atoms with Gasteiger partial charge in [-0.2, -0.15) is 0 Å². The zero-order chi connectivity index (χ0) is 19.4. The number of carbonyl (C=O) groups is 1. The second-order valence-electron chi connectivity index (χ2n) is 8.77. The van der Waals surface area contributed by atoms with Gasteiger partial charge in [0.2, 0.25) is 0 Å². The van der Waals surface area contributed by atoms with Gasteiger partial charge in [-0.1, -0.05) is 13.0 Å². The number of piperidine rings is 1. The van der Waals surface area contributed by atoms with Gasteiger partial charge in [0.1, 0.15) is 11.5 Å². The molecular weight excluding hydrogens is 344 g/mol. The lowest BCUT2D eigenvalue weighted by Crippen LogP contribution is -2.70. The van der Waals surface area contributed by atoms with Gasteiger partial charge in [0.25, 0.3) is 0 Å². The molecule has 6 heteroatoms. The van der Waals surface area contributed by atoms with Gasteiger partial charge in [-0.15, -0.1) is 4.91 Å². The summed E-state index contributed by atoms with van der Waals surface area (Å²) < 4.78 is 0. The molecule has 3 aliphatic rings. The Labute approximate surface area is 159 Å². The van der Waals surface area contributed by atoms with E-state index in [0.717, 1.165) is 18.7 Å². The number of phenols is 1. The van der Waals surface area contributed by atoms with Crippen molar-refractivity contribution in [2.24, 2.45) is 11.1 Å². The smallest absolute Gasteiger partial charge is 0.153 e. The van der Waals surface area contributed by atoms with Gasteiger partial charge in [-0.05, 0) is 67.4 Å². The van der Waals surface area contributed by atoms with Gasteiger partial charge in [-0.3, -0.25) is 9.69 Å². The third kappa shape index (κ3) is 2.72. The van der Waals surface area contributed by atoms with Crippen molar-refractivity contribution in [1.29, 1.82) is 0 Å². The van der Waals surface area contributed by atoms with Gasteiger partial charge in [0, 0.05) is 30.8 Å². The molecule has 1 saturated carbocycles. The van der Waals surface area contributed by atoms with E-state index in [1.165, 1.54) is 18.9 Å². The average molecular weight is 372 g/mol. The number of aliphatic hydroxyl groups is 1. The number of Topliss-reactive ketones (excluding diaryl/α,β-unsaturated/α-hetero) is 1. The van der Waals surface area contributed by atoms with E-state index < -0.39 is 11.0 Å². The van der Waals surface area contributed by atoms with Crippen LogP contribution in [0, 0.1) is 10.8 Å². The molecule has 2 aliphatic carbocycles. The Bertz CT molecular complexity index is 787. The zero-order valence-electron chi connectivity index (χ0n) is 16.1. The predicted molar refractivity (Wildman–Crippen MR) is 102 cm³/mol. The molecule has 1 aromatic carbocycles. The van der Waals surface area contributed by atoms with Gasteiger partial charge in [-0.25, -0.2) is 0 Å². The summed E-state index contributed by atoms with van der Waals surface area (Å²) in [5.74, 6) is 0.582. The van der Waals surface area contributed by atoms with Crippen LogP contribution in [-0.4, -0.2) is 45.6 Å². The molecule has 1 heterocycles. The van der Waals surface area contributed by atoms with Crippen molar-refractivity contribution in [3.63, 3.8) is 0 Å². The van der Waals surface area contributed by atoms with Crippen molar-refractivity contribution >= 4 is 11.5 Å². The Kier molecular flexibility index (Phi) is 4.39. The molecule has 1 aliphatic heterocycles. The number of phenolic OH excluding ortho intramolecular Hbond substituents is 1. The van der Waals surface area contributed by atoms with Crippen LogP contribution in [0.5, 0.6) is 5.75 Å². The second kappa shape index (κ2) is 6.38. The predicted octanol–water partition coefficient (Wildman–Crippen LogP) is 3.19. The van der Waals surface area contributed by atoms with Crippen molar-refractivity contribution in [2.45, 2.75) is 69.4 Å². The Morgan fingerprint density at radius 3 is 2.74 bits per heavy atom. The molecular formula is C21H28N2O4. The Morgan fingerprint density at radius 1 is 1.37 bits per heavy atom. The van der Waals surface area contributed by atoms with Crippen molar-refractivity contribution in [3.8, 4) is 5.75 Å². The van der Waals surface area contributed by atoms with E-state index in [-0.39, 0.29) is 29.7 Å². The maximum Gasteiger partial charge on any atom is 0.153 e. The van der Waals surface area contributed by atoms with Crippen LogP contribution in [0.25, 0.3) is 0 Å². The van der Waals surface area contributed by atoms with Crippen LogP contribution < -0.4 is 0 Å². The average Bonchev–Trinajstić information content (AvgIpc) is 3.44. The number of hydrogen-bond acceptors (Lipinski definition) is 6. The molecule has 2 fully saturated rings. The van der Waals surface area contributed by atoms with E-state index in [2.05, 4.69) is 10.1 Å². The molecule has 0 aromatic heterocycles. The van der Waals surface area contributed by atoms with E-state index >= 15 is 0 Å². The Morgan fingerprint density at radius 2 is 2.11 bits per heavy atom. The Balaban J connectivity index is 1.88. The van der Waals surface area contributed by atoms with Crippen LogP contribution in [0.1, 0.15) is 57.1 Å². The zero-order valence-corrected chi connectivity index (χ0v) is 16.1. The standard InChI is InChI=1S/C21H28N2O4/c1-3-15(24)11-21-8-9-23(12-13-4-5-13)17(20(21,2)26)10-14-6-7-16(25)19(22-27)18(14)21/h6-7,13,17,25-26H,3-5,8-12H2,1-2H3. The van der Waals surface area contributed by atoms with Crippen molar-refractivity contribution in [2.75, 3.05) is 13.1 Å². The summed E-state index contributed by atoms with van der Waals surface area (Å²) in [5.41, 5.74) is -0.563. The van der Waals surface area contributed by atoms with E-state index in [9.17, 15) is 19.9 Å². The molecule has 146 valence electrons. The monoisotopic (exact) mass is 372 g/mol. The number of nitroso groups, excluding NO2 is 1. The summed E-state index contributed by atoms with van der Waals surface area (Å²) in [5, 5.41) is 25.2. The summed E-state index contributed by atoms with van der Waals surface area (Å²) in [6.45, 7) is 5.38. The molecule has 1 aromatic rings. The third-order valence-electron chi connectivity index (χ3n) is 7.19. The lowest BCUT2D eigenvalue weighted by molar-refractivity contribution is -0.147. The summed E-state index contributed by atoms with van der Waals surface area (Å²) in [7, 11) is 0. The topological polar surface area (TPSA) is 90.2 Å². The molecule has 3 unspecified atom stereocenters. The van der Waals surface area contributed by atoms with Crippen LogP contribution in [0.2, 0.25) is 0 Å². The molecule has 0 radical (unpaired) electrons. The number of likely N-dealkylation sites (tertiary alicyclic amines) is 1. The molecule has 2 N–H and O–H groups in total. The third-order valence-corrected chi connectivity index (χ3v) is 7.19. The summed E-state index contributed by atoms with van der Waals surface area (Å²) in [6.07, 6.45) is 4.21. The number of benzene rings is 1. The fourth-order valence-electron chi connectivity index (χ4n) is 5.42. The highest BCUT2D eigenvalue weighted by atomic mass is 16.3. The molecule has 0 spiro atoms. The minimum absolute atomic E-state index is 0.00855. The normalized spacial score (nSPS) is 32.8. The van der Waals surface area contributed by atoms with Crippen molar-refractivity contribution in [1.82, 2.24) is 4.90 Å². The SMILES string of the molecule is CCC(=O)CC12CCN(CC3CC3)C(Cc3ccc(O)c(N=O)c31)C2(C)O. The first-order chi connectivity index (χ1) is 12.8. The number of rotatable bonds is 6. The lowest BCUT2D eigenvalue weighted by Gasteiger charge is -2.60. The van der Waals surface area contributed by atoms with E-state index in [1.54, 1.807) is 6.92 Å². The summed E-state index contributed by atoms with van der Waals surface area (Å²) in [4.78, 5) is 26.5. The number of nitrogens with zero attached hydrogens (tertiary/aromatic N) is 2. The van der Waals surface area contributed by atoms with Gasteiger partial charge in [0.15, 0.2) is 5.69 Å². The van der Waals surface area contributed by atoms with Crippen molar-refractivity contribution in [3.05, 3.63) is 28.2 Å². The van der Waals surface area contributed by atoms with E-state index in [1.807, 2.05) is 13.0 Å². The lowest BCUT2D eigenvalue weighted by atomic mass is 9.53. The highest BCUT2D eigenvalue weighted by Crippen LogP contribution is 2.57. The molecule has 3 atom stereocenters. The second-order valence-corrected chi connectivity index (χ2v) is 8.77. The first-order valence-corrected chi connectivity index (χ1v) is 10.0. The van der Waals surface area contributed by atoms with Gasteiger partial charge < -0.3 is 10.2 Å². The number of carbonyl (C=O) groups excluding carboxylic acids is 1. The quantitative estimate of drug-likeness (QED) is 0.749. The van der Waals surface area contributed by atoms with Crippen LogP contribution in [0.3, 0.4) is 0 Å². The Hall–Kier alpha value is -1.79.